The van der Waals surface area contributed by atoms with Crippen molar-refractivity contribution >= 4 is 39.6 Å². The Hall–Kier alpha value is -1.02. The molecule has 0 radical (unpaired) electrons. The zero-order valence-electron chi connectivity index (χ0n) is 7.46. The summed E-state index contributed by atoms with van der Waals surface area (Å²) in [6.07, 6.45) is 3.85. The van der Waals surface area contributed by atoms with Crippen LogP contribution in [0.25, 0.3) is 16.2 Å². The van der Waals surface area contributed by atoms with Crippen molar-refractivity contribution in [2.75, 3.05) is 0 Å². The van der Waals surface area contributed by atoms with E-state index >= 15 is 0 Å². The third-order valence-electron chi connectivity index (χ3n) is 2.08. The standard InChI is InChI=1S/C9H5IN4S/c10-7-4-11-8-3-6(1-2-14(7)8)9-13-12-5-15-9/h1-5H. The maximum atomic E-state index is 4.30. The number of fused-ring (bicyclic) bond motifs is 1. The first-order valence-corrected chi connectivity index (χ1v) is 6.19. The molecule has 0 bridgehead atoms. The molecule has 0 aliphatic carbocycles. The lowest BCUT2D eigenvalue weighted by molar-refractivity contribution is 1.09. The van der Waals surface area contributed by atoms with Gasteiger partial charge in [0.1, 0.15) is 19.9 Å². The summed E-state index contributed by atoms with van der Waals surface area (Å²) < 4.78 is 3.14. The Morgan fingerprint density at radius 3 is 3.13 bits per heavy atom. The van der Waals surface area contributed by atoms with Crippen molar-refractivity contribution in [1.29, 1.82) is 0 Å². The van der Waals surface area contributed by atoms with E-state index in [1.807, 2.05) is 28.9 Å². The normalized spacial score (nSPS) is 11.0. The van der Waals surface area contributed by atoms with Crippen LogP contribution in [0.1, 0.15) is 0 Å². The number of imidazole rings is 1. The minimum Gasteiger partial charge on any atom is -0.295 e. The topological polar surface area (TPSA) is 43.1 Å². The summed E-state index contributed by atoms with van der Waals surface area (Å²) in [5.74, 6) is 0. The molecule has 6 heteroatoms. The Kier molecular flexibility index (Phi) is 2.17. The lowest BCUT2D eigenvalue weighted by Gasteiger charge is -1.97. The molecule has 0 spiro atoms. The molecule has 0 unspecified atom stereocenters. The fourth-order valence-corrected chi connectivity index (χ4v) is 2.48. The number of halogens is 1. The van der Waals surface area contributed by atoms with Crippen LogP contribution < -0.4 is 0 Å². The number of nitrogens with zero attached hydrogens (tertiary/aromatic N) is 4. The quantitative estimate of drug-likeness (QED) is 0.645. The first kappa shape index (κ1) is 9.22. The van der Waals surface area contributed by atoms with Gasteiger partial charge < -0.3 is 0 Å². The average Bonchev–Trinajstić information content (AvgIpc) is 2.88. The second-order valence-corrected chi connectivity index (χ2v) is 4.91. The molecule has 0 saturated carbocycles. The summed E-state index contributed by atoms with van der Waals surface area (Å²) in [6, 6.07) is 4.04. The Bertz CT molecular complexity index is 602. The van der Waals surface area contributed by atoms with Crippen LogP contribution in [0.15, 0.2) is 30.0 Å². The highest BCUT2D eigenvalue weighted by Gasteiger charge is 2.05. The third-order valence-corrected chi connectivity index (χ3v) is 3.61. The Morgan fingerprint density at radius 1 is 1.40 bits per heavy atom. The van der Waals surface area contributed by atoms with Gasteiger partial charge in [0.2, 0.25) is 0 Å². The molecule has 0 atom stereocenters. The molecule has 3 aromatic rings. The number of hydrogen-bond acceptors (Lipinski definition) is 4. The highest BCUT2D eigenvalue weighted by molar-refractivity contribution is 14.1. The molecule has 15 heavy (non-hydrogen) atoms. The van der Waals surface area contributed by atoms with E-state index in [0.717, 1.165) is 19.9 Å². The summed E-state index contributed by atoms with van der Waals surface area (Å²) in [6.45, 7) is 0. The van der Waals surface area contributed by atoms with E-state index in [0.29, 0.717) is 0 Å². The second-order valence-electron chi connectivity index (χ2n) is 2.97. The van der Waals surface area contributed by atoms with Crippen molar-refractivity contribution < 1.29 is 0 Å². The van der Waals surface area contributed by atoms with Gasteiger partial charge in [0, 0.05) is 11.8 Å². The van der Waals surface area contributed by atoms with Gasteiger partial charge in [0.15, 0.2) is 0 Å². The number of rotatable bonds is 1. The molecule has 0 N–H and O–H groups in total. The molecule has 0 aliphatic rings. The summed E-state index contributed by atoms with van der Waals surface area (Å²) in [5.41, 5.74) is 3.73. The monoisotopic (exact) mass is 328 g/mol. The minimum absolute atomic E-state index is 0.926. The molecular weight excluding hydrogens is 323 g/mol. The third kappa shape index (κ3) is 1.53. The van der Waals surface area contributed by atoms with E-state index in [9.17, 15) is 0 Å². The van der Waals surface area contributed by atoms with Crippen molar-refractivity contribution in [1.82, 2.24) is 19.6 Å². The number of pyridine rings is 1. The van der Waals surface area contributed by atoms with Crippen molar-refractivity contribution in [2.45, 2.75) is 0 Å². The summed E-state index contributed by atoms with van der Waals surface area (Å²) >= 11 is 3.78. The molecular formula is C9H5IN4S. The molecule has 3 aromatic heterocycles. The van der Waals surface area contributed by atoms with Gasteiger partial charge in [-0.25, -0.2) is 4.98 Å². The van der Waals surface area contributed by atoms with Crippen LogP contribution in [-0.4, -0.2) is 19.6 Å². The predicted molar refractivity (Wildman–Crippen MR) is 66.8 cm³/mol. The largest absolute Gasteiger partial charge is 0.295 e. The van der Waals surface area contributed by atoms with Gasteiger partial charge in [-0.05, 0) is 34.7 Å². The zero-order valence-corrected chi connectivity index (χ0v) is 10.4. The van der Waals surface area contributed by atoms with E-state index in [4.69, 9.17) is 0 Å². The Labute approximate surface area is 103 Å². The van der Waals surface area contributed by atoms with E-state index in [1.165, 1.54) is 11.3 Å². The maximum Gasteiger partial charge on any atom is 0.147 e. The molecule has 0 saturated heterocycles. The minimum atomic E-state index is 0.926. The van der Waals surface area contributed by atoms with E-state index in [2.05, 4.69) is 37.8 Å². The van der Waals surface area contributed by atoms with Crippen LogP contribution in [0.4, 0.5) is 0 Å². The predicted octanol–water partition coefficient (Wildman–Crippen LogP) is 2.46. The Morgan fingerprint density at radius 2 is 2.33 bits per heavy atom. The molecule has 3 heterocycles. The Balaban J connectivity index is 2.23. The highest BCUT2D eigenvalue weighted by Crippen LogP contribution is 2.22. The molecule has 0 aromatic carbocycles. The van der Waals surface area contributed by atoms with Gasteiger partial charge in [0.25, 0.3) is 0 Å². The molecule has 0 amide bonds. The van der Waals surface area contributed by atoms with E-state index in [1.54, 1.807) is 5.51 Å². The van der Waals surface area contributed by atoms with Gasteiger partial charge in [-0.3, -0.25) is 4.40 Å². The van der Waals surface area contributed by atoms with Crippen LogP contribution in [-0.2, 0) is 0 Å². The molecule has 74 valence electrons. The molecule has 3 rings (SSSR count). The molecule has 4 nitrogen and oxygen atoms in total. The van der Waals surface area contributed by atoms with Crippen molar-refractivity contribution in [2.24, 2.45) is 0 Å². The van der Waals surface area contributed by atoms with E-state index < -0.39 is 0 Å². The summed E-state index contributed by atoms with van der Waals surface area (Å²) in [7, 11) is 0. The zero-order chi connectivity index (χ0) is 10.3. The number of aromatic nitrogens is 4. The summed E-state index contributed by atoms with van der Waals surface area (Å²) in [4.78, 5) is 4.30. The van der Waals surface area contributed by atoms with Gasteiger partial charge >= 0.3 is 0 Å². The number of hydrogen-bond donors (Lipinski definition) is 0. The smallest absolute Gasteiger partial charge is 0.147 e. The molecule has 0 aliphatic heterocycles. The van der Waals surface area contributed by atoms with Crippen molar-refractivity contribution in [3.05, 3.63) is 33.7 Å². The fourth-order valence-electron chi connectivity index (χ4n) is 1.38. The van der Waals surface area contributed by atoms with Crippen LogP contribution in [0.3, 0.4) is 0 Å². The first-order chi connectivity index (χ1) is 7.34. The van der Waals surface area contributed by atoms with Gasteiger partial charge in [-0.15, -0.1) is 10.2 Å². The van der Waals surface area contributed by atoms with E-state index in [-0.39, 0.29) is 0 Å². The summed E-state index contributed by atoms with van der Waals surface area (Å²) in [5, 5.41) is 8.78. The van der Waals surface area contributed by atoms with Crippen LogP contribution in [0, 0.1) is 3.70 Å². The average molecular weight is 328 g/mol. The fraction of sp³-hybridized carbons (Fsp3) is 0. The first-order valence-electron chi connectivity index (χ1n) is 4.24. The molecule has 0 fully saturated rings. The van der Waals surface area contributed by atoms with Gasteiger partial charge in [0.05, 0.1) is 6.20 Å². The SMILES string of the molecule is Ic1cnc2cc(-c3nncs3)ccn12. The van der Waals surface area contributed by atoms with Crippen LogP contribution >= 0.6 is 33.9 Å². The van der Waals surface area contributed by atoms with Crippen LogP contribution in [0.5, 0.6) is 0 Å². The van der Waals surface area contributed by atoms with Gasteiger partial charge in [-0.1, -0.05) is 11.3 Å². The van der Waals surface area contributed by atoms with Gasteiger partial charge in [-0.2, -0.15) is 0 Å². The van der Waals surface area contributed by atoms with Crippen LogP contribution in [0.2, 0.25) is 0 Å². The van der Waals surface area contributed by atoms with Crippen molar-refractivity contribution in [3.63, 3.8) is 0 Å². The highest BCUT2D eigenvalue weighted by atomic mass is 127. The van der Waals surface area contributed by atoms with Crippen molar-refractivity contribution in [3.8, 4) is 10.6 Å². The lowest BCUT2D eigenvalue weighted by atomic mass is 10.3. The maximum absolute atomic E-state index is 4.30. The second kappa shape index (κ2) is 3.53. The lowest BCUT2D eigenvalue weighted by Crippen LogP contribution is -1.87.